The highest BCUT2D eigenvalue weighted by Crippen LogP contribution is 2.35. The van der Waals surface area contributed by atoms with Crippen molar-refractivity contribution in [1.82, 2.24) is 0 Å². The average molecular weight is 362 g/mol. The first-order valence-electron chi connectivity index (χ1n) is 8.61. The molecule has 26 heavy (non-hydrogen) atoms. The van der Waals surface area contributed by atoms with Crippen molar-refractivity contribution >= 4 is 11.9 Å². The molecule has 1 aliphatic heterocycles. The van der Waals surface area contributed by atoms with Crippen LogP contribution in [0.2, 0.25) is 0 Å². The zero-order valence-electron chi connectivity index (χ0n) is 15.6. The van der Waals surface area contributed by atoms with Crippen LogP contribution < -0.4 is 0 Å². The predicted octanol–water partition coefficient (Wildman–Crippen LogP) is 1.98. The summed E-state index contributed by atoms with van der Waals surface area (Å²) in [7, 11) is 0. The third-order valence-corrected chi connectivity index (χ3v) is 4.81. The van der Waals surface area contributed by atoms with E-state index in [1.807, 2.05) is 6.92 Å². The summed E-state index contributed by atoms with van der Waals surface area (Å²) in [5, 5.41) is 21.2. The van der Waals surface area contributed by atoms with Gasteiger partial charge in [0.15, 0.2) is 0 Å². The first-order chi connectivity index (χ1) is 12.1. The quantitative estimate of drug-likeness (QED) is 0.443. The highest BCUT2D eigenvalue weighted by atomic mass is 16.6. The van der Waals surface area contributed by atoms with Crippen LogP contribution in [0.15, 0.2) is 47.1 Å². The molecule has 0 radical (unpaired) electrons. The molecular formula is C20H26O6. The van der Waals surface area contributed by atoms with Gasteiger partial charge >= 0.3 is 11.9 Å². The Morgan fingerprint density at radius 3 is 2.62 bits per heavy atom. The van der Waals surface area contributed by atoms with Crippen molar-refractivity contribution in [1.29, 1.82) is 0 Å². The number of hydrogen-bond donors (Lipinski definition) is 2. The van der Waals surface area contributed by atoms with E-state index in [1.165, 1.54) is 0 Å². The van der Waals surface area contributed by atoms with Crippen LogP contribution in [-0.4, -0.2) is 46.6 Å². The van der Waals surface area contributed by atoms with Gasteiger partial charge in [0.05, 0.1) is 12.0 Å². The molecule has 5 unspecified atom stereocenters. The van der Waals surface area contributed by atoms with Crippen LogP contribution in [0.25, 0.3) is 0 Å². The number of rotatable bonds is 2. The lowest BCUT2D eigenvalue weighted by molar-refractivity contribution is -0.150. The maximum Gasteiger partial charge on any atom is 0.334 e. The lowest BCUT2D eigenvalue weighted by atomic mass is 9.83. The van der Waals surface area contributed by atoms with Gasteiger partial charge < -0.3 is 19.7 Å². The van der Waals surface area contributed by atoms with Crippen molar-refractivity contribution in [2.75, 3.05) is 0 Å². The summed E-state index contributed by atoms with van der Waals surface area (Å²) in [5.41, 5.74) is 1.87. The van der Waals surface area contributed by atoms with Crippen LogP contribution in [0.5, 0.6) is 0 Å². The Bertz CT molecular complexity index is 699. The lowest BCUT2D eigenvalue weighted by Gasteiger charge is -2.31. The fourth-order valence-corrected chi connectivity index (χ4v) is 3.23. The monoisotopic (exact) mass is 362 g/mol. The van der Waals surface area contributed by atoms with Crippen LogP contribution in [0.1, 0.15) is 34.1 Å². The third-order valence-electron chi connectivity index (χ3n) is 4.81. The van der Waals surface area contributed by atoms with E-state index in [2.05, 4.69) is 6.58 Å². The van der Waals surface area contributed by atoms with Gasteiger partial charge in [-0.2, -0.15) is 0 Å². The summed E-state index contributed by atoms with van der Waals surface area (Å²) in [4.78, 5) is 24.2. The van der Waals surface area contributed by atoms with E-state index < -0.39 is 42.3 Å². The predicted molar refractivity (Wildman–Crippen MR) is 96.0 cm³/mol. The standard InChI is InChI=1S/C20H26O6/c1-6-11(3)19(23)26-18-12(4)9-14(21)7-10(2)8-15-16(17(18)22)13(5)20(24)25-15/h6,8-9,14-18,21-22H,5,7H2,1-4H3. The summed E-state index contributed by atoms with van der Waals surface area (Å²) in [6.45, 7) is 10.6. The molecule has 0 aromatic carbocycles. The fourth-order valence-electron chi connectivity index (χ4n) is 3.23. The zero-order valence-corrected chi connectivity index (χ0v) is 15.6. The third kappa shape index (κ3) is 4.14. The second-order valence-electron chi connectivity index (χ2n) is 6.90. The number of aliphatic hydroxyl groups excluding tert-OH is 2. The Kier molecular flexibility index (Phi) is 6.21. The Balaban J connectivity index is 2.46. The molecule has 6 nitrogen and oxygen atoms in total. The molecule has 0 saturated carbocycles. The van der Waals surface area contributed by atoms with Gasteiger partial charge in [-0.25, -0.2) is 9.59 Å². The van der Waals surface area contributed by atoms with E-state index in [0.717, 1.165) is 5.57 Å². The fraction of sp³-hybridized carbons (Fsp3) is 0.500. The normalized spacial score (nSPS) is 33.0. The van der Waals surface area contributed by atoms with Gasteiger partial charge in [-0.3, -0.25) is 0 Å². The topological polar surface area (TPSA) is 93.1 Å². The van der Waals surface area contributed by atoms with Crippen molar-refractivity contribution in [3.63, 3.8) is 0 Å². The second kappa shape index (κ2) is 8.01. The molecule has 0 aromatic heterocycles. The molecule has 5 atom stereocenters. The second-order valence-corrected chi connectivity index (χ2v) is 6.90. The minimum absolute atomic E-state index is 0.143. The molecule has 0 bridgehead atoms. The SMILES string of the molecule is C=C1C(=O)OC2C=C(C)CC(O)C=C(C)C(OC(=O)C(C)=CC)C(O)C12. The summed E-state index contributed by atoms with van der Waals surface area (Å²) in [6.07, 6.45) is 1.43. The Morgan fingerprint density at radius 1 is 1.35 bits per heavy atom. The molecule has 2 N–H and O–H groups in total. The van der Waals surface area contributed by atoms with E-state index >= 15 is 0 Å². The van der Waals surface area contributed by atoms with Crippen molar-refractivity contribution in [3.05, 3.63) is 47.1 Å². The molecule has 6 heteroatoms. The Labute approximate surface area is 153 Å². The number of fused-ring (bicyclic) bond motifs is 1. The molecule has 2 aliphatic rings. The van der Waals surface area contributed by atoms with Crippen molar-refractivity contribution in [2.45, 2.75) is 58.5 Å². The minimum atomic E-state index is -1.24. The molecule has 1 saturated heterocycles. The average Bonchev–Trinajstić information content (AvgIpc) is 2.83. The molecular weight excluding hydrogens is 336 g/mol. The van der Waals surface area contributed by atoms with E-state index in [4.69, 9.17) is 9.47 Å². The first kappa shape index (κ1) is 20.1. The molecule has 1 aliphatic carbocycles. The lowest BCUT2D eigenvalue weighted by Crippen LogP contribution is -2.42. The van der Waals surface area contributed by atoms with Crippen LogP contribution in [0, 0.1) is 5.92 Å². The molecule has 0 amide bonds. The first-order valence-corrected chi connectivity index (χ1v) is 8.61. The summed E-state index contributed by atoms with van der Waals surface area (Å²) in [6, 6.07) is 0. The van der Waals surface area contributed by atoms with E-state index in [1.54, 1.807) is 39.0 Å². The van der Waals surface area contributed by atoms with Gasteiger partial charge in [-0.1, -0.05) is 24.3 Å². The van der Waals surface area contributed by atoms with Gasteiger partial charge in [-0.15, -0.1) is 0 Å². The number of carbonyl (C=O) groups excluding carboxylic acids is 2. The van der Waals surface area contributed by atoms with E-state index in [-0.39, 0.29) is 5.57 Å². The molecule has 0 aromatic rings. The van der Waals surface area contributed by atoms with Crippen LogP contribution >= 0.6 is 0 Å². The molecule has 142 valence electrons. The van der Waals surface area contributed by atoms with Crippen molar-refractivity contribution in [2.24, 2.45) is 5.92 Å². The Hall–Kier alpha value is -2.18. The molecule has 0 spiro atoms. The van der Waals surface area contributed by atoms with Crippen molar-refractivity contribution < 1.29 is 29.3 Å². The van der Waals surface area contributed by atoms with Crippen LogP contribution in [0.3, 0.4) is 0 Å². The van der Waals surface area contributed by atoms with Gasteiger partial charge in [0.25, 0.3) is 0 Å². The van der Waals surface area contributed by atoms with Gasteiger partial charge in [0.2, 0.25) is 0 Å². The maximum absolute atomic E-state index is 12.2. The van der Waals surface area contributed by atoms with Crippen LogP contribution in [0.4, 0.5) is 0 Å². The summed E-state index contributed by atoms with van der Waals surface area (Å²) < 4.78 is 10.8. The van der Waals surface area contributed by atoms with E-state index in [0.29, 0.717) is 17.6 Å². The summed E-state index contributed by atoms with van der Waals surface area (Å²) in [5.74, 6) is -1.89. The molecule has 2 rings (SSSR count). The number of allylic oxidation sites excluding steroid dienone is 1. The largest absolute Gasteiger partial charge is 0.454 e. The van der Waals surface area contributed by atoms with E-state index in [9.17, 15) is 19.8 Å². The van der Waals surface area contributed by atoms with Gasteiger partial charge in [0.1, 0.15) is 18.3 Å². The van der Waals surface area contributed by atoms with Gasteiger partial charge in [0, 0.05) is 11.1 Å². The number of hydrogen-bond acceptors (Lipinski definition) is 6. The minimum Gasteiger partial charge on any atom is -0.454 e. The number of esters is 2. The number of ether oxygens (including phenoxy) is 2. The highest BCUT2D eigenvalue weighted by molar-refractivity contribution is 5.91. The van der Waals surface area contributed by atoms with Crippen LogP contribution in [-0.2, 0) is 19.1 Å². The molecule has 1 heterocycles. The maximum atomic E-state index is 12.2. The highest BCUT2D eigenvalue weighted by Gasteiger charge is 2.46. The summed E-state index contributed by atoms with van der Waals surface area (Å²) >= 11 is 0. The number of aliphatic hydroxyl groups is 2. The molecule has 1 fully saturated rings. The number of carbonyl (C=O) groups is 2. The smallest absolute Gasteiger partial charge is 0.334 e. The zero-order chi connectivity index (χ0) is 19.6. The Morgan fingerprint density at radius 2 is 2.00 bits per heavy atom. The van der Waals surface area contributed by atoms with Gasteiger partial charge in [-0.05, 0) is 45.8 Å². The van der Waals surface area contributed by atoms with Crippen molar-refractivity contribution in [3.8, 4) is 0 Å².